The Morgan fingerprint density at radius 1 is 1.45 bits per heavy atom. The molecule has 1 fully saturated rings. The first kappa shape index (κ1) is 14.3. The molecule has 0 spiro atoms. The molecule has 0 saturated carbocycles. The van der Waals surface area contributed by atoms with E-state index >= 15 is 0 Å². The van der Waals surface area contributed by atoms with Gasteiger partial charge in [0.1, 0.15) is 5.69 Å². The molecular weight excluding hydrogens is 256 g/mol. The van der Waals surface area contributed by atoms with Crippen LogP contribution in [0.4, 0.5) is 11.4 Å². The third kappa shape index (κ3) is 3.06. The van der Waals surface area contributed by atoms with E-state index in [1.165, 1.54) is 6.07 Å². The molecular formula is C14H18N4O2. The molecule has 1 aliphatic heterocycles. The third-order valence-corrected chi connectivity index (χ3v) is 3.77. The summed E-state index contributed by atoms with van der Waals surface area (Å²) >= 11 is 0. The van der Waals surface area contributed by atoms with E-state index in [1.54, 1.807) is 12.1 Å². The maximum Gasteiger partial charge on any atom is 0.293 e. The first-order chi connectivity index (χ1) is 9.63. The lowest BCUT2D eigenvalue weighted by molar-refractivity contribution is -0.384. The van der Waals surface area contributed by atoms with Crippen LogP contribution in [0.2, 0.25) is 0 Å². The van der Waals surface area contributed by atoms with Crippen LogP contribution in [0.3, 0.4) is 0 Å². The predicted molar refractivity (Wildman–Crippen MR) is 76.7 cm³/mol. The van der Waals surface area contributed by atoms with E-state index in [0.29, 0.717) is 11.3 Å². The van der Waals surface area contributed by atoms with Crippen LogP contribution in [0.1, 0.15) is 24.8 Å². The van der Waals surface area contributed by atoms with Crippen molar-refractivity contribution in [2.45, 2.75) is 25.3 Å². The largest absolute Gasteiger partial charge is 0.366 e. The summed E-state index contributed by atoms with van der Waals surface area (Å²) in [5, 5.41) is 23.4. The quantitative estimate of drug-likeness (QED) is 0.673. The second-order valence-electron chi connectivity index (χ2n) is 5.02. The van der Waals surface area contributed by atoms with Crippen LogP contribution < -0.4 is 10.2 Å². The van der Waals surface area contributed by atoms with E-state index in [4.69, 9.17) is 5.26 Å². The van der Waals surface area contributed by atoms with Gasteiger partial charge in [-0.25, -0.2) is 0 Å². The second-order valence-corrected chi connectivity index (χ2v) is 5.02. The maximum atomic E-state index is 11.2. The van der Waals surface area contributed by atoms with E-state index < -0.39 is 4.92 Å². The number of anilines is 1. The van der Waals surface area contributed by atoms with Crippen molar-refractivity contribution in [1.82, 2.24) is 5.32 Å². The van der Waals surface area contributed by atoms with Gasteiger partial charge in [0.25, 0.3) is 5.69 Å². The van der Waals surface area contributed by atoms with Gasteiger partial charge in [-0.1, -0.05) is 0 Å². The molecule has 0 bridgehead atoms. The van der Waals surface area contributed by atoms with Crippen molar-refractivity contribution in [3.63, 3.8) is 0 Å². The van der Waals surface area contributed by atoms with Gasteiger partial charge in [0.05, 0.1) is 16.6 Å². The molecule has 6 nitrogen and oxygen atoms in total. The average Bonchev–Trinajstić information content (AvgIpc) is 2.74. The Hall–Kier alpha value is -2.13. The molecule has 1 atom stereocenters. The molecule has 1 aliphatic rings. The molecule has 0 amide bonds. The van der Waals surface area contributed by atoms with Crippen LogP contribution in [0.5, 0.6) is 0 Å². The SMILES string of the molecule is CN(c1ccc(C#N)cc1[N+](=O)[O-])C1CCCNCC1. The summed E-state index contributed by atoms with van der Waals surface area (Å²) in [5.41, 5.74) is 0.904. The highest BCUT2D eigenvalue weighted by atomic mass is 16.6. The van der Waals surface area contributed by atoms with Gasteiger partial charge in [0.15, 0.2) is 0 Å². The molecule has 0 aromatic heterocycles. The number of hydrogen-bond donors (Lipinski definition) is 1. The third-order valence-electron chi connectivity index (χ3n) is 3.77. The molecule has 2 rings (SSSR count). The topological polar surface area (TPSA) is 82.2 Å². The molecule has 0 aliphatic carbocycles. The first-order valence-corrected chi connectivity index (χ1v) is 6.75. The summed E-state index contributed by atoms with van der Waals surface area (Å²) in [6, 6.07) is 6.89. The van der Waals surface area contributed by atoms with E-state index in [-0.39, 0.29) is 11.7 Å². The van der Waals surface area contributed by atoms with Crippen LogP contribution in [-0.4, -0.2) is 31.1 Å². The van der Waals surface area contributed by atoms with Crippen LogP contribution in [-0.2, 0) is 0 Å². The minimum absolute atomic E-state index is 0.00348. The molecule has 0 radical (unpaired) electrons. The zero-order chi connectivity index (χ0) is 14.5. The highest BCUT2D eigenvalue weighted by Crippen LogP contribution is 2.31. The van der Waals surface area contributed by atoms with E-state index in [1.807, 2.05) is 18.0 Å². The molecule has 20 heavy (non-hydrogen) atoms. The van der Waals surface area contributed by atoms with Crippen molar-refractivity contribution in [2.24, 2.45) is 0 Å². The predicted octanol–water partition coefficient (Wildman–Crippen LogP) is 2.04. The number of nitrogens with zero attached hydrogens (tertiary/aromatic N) is 3. The molecule has 106 valence electrons. The second kappa shape index (κ2) is 6.35. The summed E-state index contributed by atoms with van der Waals surface area (Å²) in [6.07, 6.45) is 3.05. The van der Waals surface area contributed by atoms with Gasteiger partial charge in [-0.05, 0) is 44.5 Å². The number of nitro groups is 1. The van der Waals surface area contributed by atoms with Crippen molar-refractivity contribution in [3.8, 4) is 6.07 Å². The smallest absolute Gasteiger partial charge is 0.293 e. The Morgan fingerprint density at radius 2 is 2.25 bits per heavy atom. The van der Waals surface area contributed by atoms with E-state index in [9.17, 15) is 10.1 Å². The molecule has 1 aromatic carbocycles. The lowest BCUT2D eigenvalue weighted by Crippen LogP contribution is -2.32. The number of nitriles is 1. The fraction of sp³-hybridized carbons (Fsp3) is 0.500. The van der Waals surface area contributed by atoms with Crippen molar-refractivity contribution >= 4 is 11.4 Å². The molecule has 1 aromatic rings. The lowest BCUT2D eigenvalue weighted by atomic mass is 10.1. The van der Waals surface area contributed by atoms with Crippen molar-refractivity contribution in [1.29, 1.82) is 5.26 Å². The Morgan fingerprint density at radius 3 is 2.95 bits per heavy atom. The number of benzene rings is 1. The standard InChI is InChI=1S/C14H18N4O2/c1-17(12-3-2-7-16-8-6-12)13-5-4-11(10-15)9-14(13)18(19)20/h4-5,9,12,16H,2-3,6-8H2,1H3. The van der Waals surface area contributed by atoms with Gasteiger partial charge in [-0.3, -0.25) is 10.1 Å². The van der Waals surface area contributed by atoms with Gasteiger partial charge >= 0.3 is 0 Å². The van der Waals surface area contributed by atoms with Crippen LogP contribution in [0, 0.1) is 21.4 Å². The summed E-state index contributed by atoms with van der Waals surface area (Å²) in [5.74, 6) is 0. The highest BCUT2D eigenvalue weighted by Gasteiger charge is 2.24. The minimum Gasteiger partial charge on any atom is -0.366 e. The van der Waals surface area contributed by atoms with Crippen LogP contribution in [0.15, 0.2) is 18.2 Å². The number of nitro benzene ring substituents is 1. The molecule has 1 N–H and O–H groups in total. The molecule has 1 heterocycles. The maximum absolute atomic E-state index is 11.2. The zero-order valence-electron chi connectivity index (χ0n) is 11.5. The first-order valence-electron chi connectivity index (χ1n) is 6.75. The number of hydrogen-bond acceptors (Lipinski definition) is 5. The average molecular weight is 274 g/mol. The fourth-order valence-electron chi connectivity index (χ4n) is 2.62. The van der Waals surface area contributed by atoms with Gasteiger partial charge in [-0.2, -0.15) is 5.26 Å². The molecule has 6 heteroatoms. The number of nitrogens with one attached hydrogen (secondary N) is 1. The van der Waals surface area contributed by atoms with E-state index in [2.05, 4.69) is 5.32 Å². The fourth-order valence-corrected chi connectivity index (χ4v) is 2.62. The number of rotatable bonds is 3. The monoisotopic (exact) mass is 274 g/mol. The summed E-state index contributed by atoms with van der Waals surface area (Å²) in [6.45, 7) is 1.93. The van der Waals surface area contributed by atoms with Gasteiger partial charge in [-0.15, -0.1) is 0 Å². The van der Waals surface area contributed by atoms with Crippen molar-refractivity contribution in [3.05, 3.63) is 33.9 Å². The van der Waals surface area contributed by atoms with E-state index in [0.717, 1.165) is 32.4 Å². The summed E-state index contributed by atoms with van der Waals surface area (Å²) < 4.78 is 0. The lowest BCUT2D eigenvalue weighted by Gasteiger charge is -2.28. The molecule has 1 saturated heterocycles. The van der Waals surface area contributed by atoms with Crippen molar-refractivity contribution < 1.29 is 4.92 Å². The van der Waals surface area contributed by atoms with Crippen LogP contribution >= 0.6 is 0 Å². The minimum atomic E-state index is -0.415. The highest BCUT2D eigenvalue weighted by molar-refractivity contribution is 5.65. The Bertz CT molecular complexity index is 530. The van der Waals surface area contributed by atoms with Gasteiger partial charge in [0, 0.05) is 19.2 Å². The Balaban J connectivity index is 2.30. The summed E-state index contributed by atoms with van der Waals surface area (Å²) in [4.78, 5) is 12.8. The zero-order valence-corrected chi connectivity index (χ0v) is 11.5. The normalized spacial score (nSPS) is 18.9. The summed E-state index contributed by atoms with van der Waals surface area (Å²) in [7, 11) is 1.89. The Kier molecular flexibility index (Phi) is 4.53. The van der Waals surface area contributed by atoms with Crippen molar-refractivity contribution in [2.75, 3.05) is 25.0 Å². The van der Waals surface area contributed by atoms with Gasteiger partial charge in [0.2, 0.25) is 0 Å². The Labute approximate surface area is 118 Å². The van der Waals surface area contributed by atoms with Gasteiger partial charge < -0.3 is 10.2 Å². The molecule has 1 unspecified atom stereocenters. The van der Waals surface area contributed by atoms with Crippen LogP contribution in [0.25, 0.3) is 0 Å².